The Morgan fingerprint density at radius 3 is 2.55 bits per heavy atom. The van der Waals surface area contributed by atoms with Gasteiger partial charge < -0.3 is 10.4 Å². The number of para-hydroxylation sites is 1. The lowest BCUT2D eigenvalue weighted by Crippen LogP contribution is -2.43. The molecule has 5 nitrogen and oxygen atoms in total. The monoisotopic (exact) mass is 274 g/mol. The number of nitrogens with one attached hydrogen (secondary N) is 1. The van der Waals surface area contributed by atoms with Crippen LogP contribution in [0.15, 0.2) is 30.3 Å². The standard InChI is InChI=1S/C15H18N2O3/c1-2-3-4-8-11-16-15(20)17(12-14(18)19)13-9-6-5-7-10-13/h1,5-7,9-10H,3-4,8,11-12H2,(H,16,20)(H,18,19). The lowest BCUT2D eigenvalue weighted by Gasteiger charge is -2.21. The Morgan fingerprint density at radius 1 is 1.25 bits per heavy atom. The fourth-order valence-corrected chi connectivity index (χ4v) is 1.67. The number of carboxylic acids is 1. The van der Waals surface area contributed by atoms with Crippen molar-refractivity contribution in [3.63, 3.8) is 0 Å². The van der Waals surface area contributed by atoms with Crippen LogP contribution in [0.25, 0.3) is 0 Å². The number of nitrogens with zero attached hydrogens (tertiary/aromatic N) is 1. The van der Waals surface area contributed by atoms with E-state index in [0.29, 0.717) is 18.7 Å². The maximum atomic E-state index is 12.0. The van der Waals surface area contributed by atoms with Gasteiger partial charge in [-0.05, 0) is 25.0 Å². The van der Waals surface area contributed by atoms with Crippen LogP contribution in [0.1, 0.15) is 19.3 Å². The Hall–Kier alpha value is -2.48. The van der Waals surface area contributed by atoms with E-state index in [1.54, 1.807) is 30.3 Å². The zero-order chi connectivity index (χ0) is 14.8. The first-order valence-corrected chi connectivity index (χ1v) is 6.41. The number of hydrogen-bond acceptors (Lipinski definition) is 2. The number of benzene rings is 1. The molecule has 5 heteroatoms. The number of aliphatic carboxylic acids is 1. The molecule has 0 radical (unpaired) electrons. The van der Waals surface area contributed by atoms with Crippen molar-refractivity contribution < 1.29 is 14.7 Å². The van der Waals surface area contributed by atoms with Crippen LogP contribution in [0.3, 0.4) is 0 Å². The number of hydrogen-bond donors (Lipinski definition) is 2. The Labute approximate surface area is 118 Å². The third-order valence-electron chi connectivity index (χ3n) is 2.63. The number of terminal acetylenes is 1. The number of unbranched alkanes of at least 4 members (excludes halogenated alkanes) is 2. The number of anilines is 1. The predicted octanol–water partition coefficient (Wildman–Crippen LogP) is 2.09. The molecule has 1 rings (SSSR count). The maximum absolute atomic E-state index is 12.0. The fourth-order valence-electron chi connectivity index (χ4n) is 1.67. The van der Waals surface area contributed by atoms with E-state index in [0.717, 1.165) is 12.8 Å². The van der Waals surface area contributed by atoms with E-state index in [9.17, 15) is 9.59 Å². The summed E-state index contributed by atoms with van der Waals surface area (Å²) < 4.78 is 0. The van der Waals surface area contributed by atoms with Gasteiger partial charge >= 0.3 is 12.0 Å². The number of carbonyl (C=O) groups is 2. The van der Waals surface area contributed by atoms with Gasteiger partial charge in [0.15, 0.2) is 0 Å². The molecule has 2 N–H and O–H groups in total. The molecule has 1 aromatic carbocycles. The van der Waals surface area contributed by atoms with Crippen molar-refractivity contribution in [2.45, 2.75) is 19.3 Å². The van der Waals surface area contributed by atoms with Crippen molar-refractivity contribution in [1.82, 2.24) is 5.32 Å². The highest BCUT2D eigenvalue weighted by Gasteiger charge is 2.17. The Balaban J connectivity index is 2.58. The summed E-state index contributed by atoms with van der Waals surface area (Å²) in [6.45, 7) is 0.101. The van der Waals surface area contributed by atoms with Gasteiger partial charge in [-0.25, -0.2) is 4.79 Å². The second kappa shape index (κ2) is 8.59. The summed E-state index contributed by atoms with van der Waals surface area (Å²) in [5.74, 6) is 1.47. The van der Waals surface area contributed by atoms with Gasteiger partial charge in [-0.1, -0.05) is 18.2 Å². The van der Waals surface area contributed by atoms with Crippen molar-refractivity contribution in [3.8, 4) is 12.3 Å². The van der Waals surface area contributed by atoms with Crippen LogP contribution in [0.2, 0.25) is 0 Å². The molecular weight excluding hydrogens is 256 g/mol. The Bertz CT molecular complexity index is 480. The lowest BCUT2D eigenvalue weighted by molar-refractivity contribution is -0.135. The number of rotatable bonds is 7. The largest absolute Gasteiger partial charge is 0.480 e. The number of amides is 2. The van der Waals surface area contributed by atoms with Gasteiger partial charge in [0.2, 0.25) is 0 Å². The molecule has 0 atom stereocenters. The highest BCUT2D eigenvalue weighted by molar-refractivity contribution is 5.96. The predicted molar refractivity (Wildman–Crippen MR) is 77.5 cm³/mol. The average Bonchev–Trinajstić information content (AvgIpc) is 2.45. The summed E-state index contributed by atoms with van der Waals surface area (Å²) in [5.41, 5.74) is 0.552. The second-order valence-electron chi connectivity index (χ2n) is 4.21. The van der Waals surface area contributed by atoms with Crippen LogP contribution in [-0.2, 0) is 4.79 Å². The van der Waals surface area contributed by atoms with Crippen molar-refractivity contribution >= 4 is 17.7 Å². The van der Waals surface area contributed by atoms with E-state index in [1.165, 1.54) is 4.90 Å². The second-order valence-corrected chi connectivity index (χ2v) is 4.21. The molecule has 0 aliphatic heterocycles. The average molecular weight is 274 g/mol. The van der Waals surface area contributed by atoms with Gasteiger partial charge in [0.05, 0.1) is 0 Å². The zero-order valence-corrected chi connectivity index (χ0v) is 11.2. The van der Waals surface area contributed by atoms with Crippen LogP contribution in [-0.4, -0.2) is 30.2 Å². The third-order valence-corrected chi connectivity index (χ3v) is 2.63. The van der Waals surface area contributed by atoms with Crippen molar-refractivity contribution in [2.24, 2.45) is 0 Å². The smallest absolute Gasteiger partial charge is 0.323 e. The SMILES string of the molecule is C#CCCCCNC(=O)N(CC(=O)O)c1ccccc1. The summed E-state index contributed by atoms with van der Waals surface area (Å²) >= 11 is 0. The van der Waals surface area contributed by atoms with Crippen molar-refractivity contribution in [1.29, 1.82) is 0 Å². The Kier molecular flexibility index (Phi) is 6.69. The van der Waals surface area contributed by atoms with Crippen molar-refractivity contribution in [2.75, 3.05) is 18.0 Å². The summed E-state index contributed by atoms with van der Waals surface area (Å²) in [5, 5.41) is 11.6. The molecular formula is C15H18N2O3. The highest BCUT2D eigenvalue weighted by atomic mass is 16.4. The molecule has 1 aromatic rings. The van der Waals surface area contributed by atoms with Crippen LogP contribution < -0.4 is 10.2 Å². The number of carboxylic acid groups (broad SMARTS) is 1. The third kappa shape index (κ3) is 5.44. The molecule has 20 heavy (non-hydrogen) atoms. The molecule has 0 spiro atoms. The van der Waals surface area contributed by atoms with Gasteiger partial charge in [-0.3, -0.25) is 9.69 Å². The van der Waals surface area contributed by atoms with Crippen LogP contribution in [0.5, 0.6) is 0 Å². The van der Waals surface area contributed by atoms with Gasteiger partial charge in [0.1, 0.15) is 6.54 Å². The van der Waals surface area contributed by atoms with Crippen LogP contribution in [0, 0.1) is 12.3 Å². The first kappa shape index (κ1) is 15.6. The molecule has 0 fully saturated rings. The molecule has 0 heterocycles. The number of carbonyl (C=O) groups excluding carboxylic acids is 1. The molecule has 106 valence electrons. The molecule has 0 bridgehead atoms. The summed E-state index contributed by atoms with van der Waals surface area (Å²) in [7, 11) is 0. The van der Waals surface area contributed by atoms with Gasteiger partial charge in [0, 0.05) is 18.7 Å². The minimum Gasteiger partial charge on any atom is -0.480 e. The molecule has 0 aliphatic carbocycles. The van der Waals surface area contributed by atoms with Gasteiger partial charge in [-0.15, -0.1) is 12.3 Å². The molecule has 0 saturated heterocycles. The first-order chi connectivity index (χ1) is 9.65. The van der Waals surface area contributed by atoms with E-state index < -0.39 is 12.0 Å². The summed E-state index contributed by atoms with van der Waals surface area (Å²) in [6.07, 6.45) is 7.42. The van der Waals surface area contributed by atoms with Gasteiger partial charge in [0.25, 0.3) is 0 Å². The molecule has 2 amide bonds. The maximum Gasteiger partial charge on any atom is 0.323 e. The Morgan fingerprint density at radius 2 is 1.95 bits per heavy atom. The lowest BCUT2D eigenvalue weighted by atomic mass is 10.2. The first-order valence-electron chi connectivity index (χ1n) is 6.41. The molecule has 0 aliphatic rings. The summed E-state index contributed by atoms with van der Waals surface area (Å²) in [6, 6.07) is 8.29. The minimum atomic E-state index is -1.06. The van der Waals surface area contributed by atoms with E-state index in [2.05, 4.69) is 11.2 Å². The van der Waals surface area contributed by atoms with Gasteiger partial charge in [-0.2, -0.15) is 0 Å². The van der Waals surface area contributed by atoms with E-state index in [4.69, 9.17) is 11.5 Å². The number of urea groups is 1. The normalized spacial score (nSPS) is 9.55. The topological polar surface area (TPSA) is 69.6 Å². The van der Waals surface area contributed by atoms with E-state index in [-0.39, 0.29) is 6.54 Å². The molecule has 0 saturated carbocycles. The van der Waals surface area contributed by atoms with Crippen molar-refractivity contribution in [3.05, 3.63) is 30.3 Å². The zero-order valence-electron chi connectivity index (χ0n) is 11.2. The minimum absolute atomic E-state index is 0.375. The van der Waals surface area contributed by atoms with E-state index >= 15 is 0 Å². The molecule has 0 aromatic heterocycles. The van der Waals surface area contributed by atoms with E-state index in [1.807, 2.05) is 0 Å². The summed E-state index contributed by atoms with van der Waals surface area (Å²) in [4.78, 5) is 24.1. The fraction of sp³-hybridized carbons (Fsp3) is 0.333. The highest BCUT2D eigenvalue weighted by Crippen LogP contribution is 2.13. The molecule has 0 unspecified atom stereocenters. The quantitative estimate of drug-likeness (QED) is 0.591. The van der Waals surface area contributed by atoms with Crippen LogP contribution in [0.4, 0.5) is 10.5 Å². The van der Waals surface area contributed by atoms with Crippen LogP contribution >= 0.6 is 0 Å².